The van der Waals surface area contributed by atoms with Crippen LogP contribution in [0.4, 0.5) is 5.82 Å². The van der Waals surface area contributed by atoms with Gasteiger partial charge in [0.1, 0.15) is 15.8 Å². The number of aryl methyl sites for hydroxylation is 1. The molecule has 1 amide bonds. The van der Waals surface area contributed by atoms with Gasteiger partial charge in [0.2, 0.25) is 0 Å². The number of nitrogens with one attached hydrogen (secondary N) is 1. The van der Waals surface area contributed by atoms with Gasteiger partial charge in [0.15, 0.2) is 0 Å². The molecule has 1 aromatic carbocycles. The average molecular weight is 495 g/mol. The van der Waals surface area contributed by atoms with Crippen LogP contribution in [0.3, 0.4) is 0 Å². The summed E-state index contributed by atoms with van der Waals surface area (Å²) in [7, 11) is 0. The van der Waals surface area contributed by atoms with Crippen molar-refractivity contribution in [3.05, 3.63) is 80.6 Å². The molecule has 9 heteroatoms. The smallest absolute Gasteiger partial charge is 0.267 e. The Hall–Kier alpha value is -3.01. The Bertz CT molecular complexity index is 1300. The Balaban J connectivity index is 1.64. The Kier molecular flexibility index (Phi) is 7.77. The summed E-state index contributed by atoms with van der Waals surface area (Å²) in [6.45, 7) is 6.22. The van der Waals surface area contributed by atoms with Gasteiger partial charge in [-0.15, -0.1) is 0 Å². The van der Waals surface area contributed by atoms with Gasteiger partial charge in [-0.05, 0) is 44.0 Å². The first-order valence-electron chi connectivity index (χ1n) is 11.1. The highest BCUT2D eigenvalue weighted by Gasteiger charge is 2.32. The fourth-order valence-corrected chi connectivity index (χ4v) is 4.77. The fraction of sp³-hybridized carbons (Fsp3) is 0.280. The van der Waals surface area contributed by atoms with Crippen molar-refractivity contribution >= 4 is 51.7 Å². The van der Waals surface area contributed by atoms with Crippen molar-refractivity contribution in [3.8, 4) is 0 Å². The number of rotatable bonds is 9. The molecule has 4 rings (SSSR count). The summed E-state index contributed by atoms with van der Waals surface area (Å²) in [6, 6.07) is 13.4. The minimum atomic E-state index is -0.248. The van der Waals surface area contributed by atoms with Crippen LogP contribution in [0, 0.1) is 6.92 Å². The molecule has 0 unspecified atom stereocenters. The zero-order valence-electron chi connectivity index (χ0n) is 19.1. The van der Waals surface area contributed by atoms with Gasteiger partial charge in [-0.2, -0.15) is 0 Å². The first-order chi connectivity index (χ1) is 16.5. The molecule has 7 nitrogen and oxygen atoms in total. The molecule has 0 aliphatic carbocycles. The van der Waals surface area contributed by atoms with E-state index in [9.17, 15) is 9.59 Å². The third kappa shape index (κ3) is 5.38. The van der Waals surface area contributed by atoms with Gasteiger partial charge in [0.25, 0.3) is 11.5 Å². The van der Waals surface area contributed by atoms with Gasteiger partial charge in [-0.25, -0.2) is 4.98 Å². The van der Waals surface area contributed by atoms with Crippen molar-refractivity contribution < 1.29 is 9.53 Å². The molecule has 1 fully saturated rings. The summed E-state index contributed by atoms with van der Waals surface area (Å²) in [4.78, 5) is 33.1. The van der Waals surface area contributed by atoms with Crippen LogP contribution in [0.5, 0.6) is 0 Å². The molecule has 0 spiro atoms. The molecule has 3 heterocycles. The van der Waals surface area contributed by atoms with E-state index in [1.54, 1.807) is 29.3 Å². The first-order valence-corrected chi connectivity index (χ1v) is 12.3. The molecule has 1 aliphatic rings. The quantitative estimate of drug-likeness (QED) is 0.271. The van der Waals surface area contributed by atoms with E-state index in [0.29, 0.717) is 52.6 Å². The number of amides is 1. The molecule has 1 saturated heterocycles. The largest absolute Gasteiger partial charge is 0.382 e. The van der Waals surface area contributed by atoms with Crippen molar-refractivity contribution in [2.45, 2.75) is 26.8 Å². The highest BCUT2D eigenvalue weighted by Crippen LogP contribution is 2.34. The number of hydrogen-bond acceptors (Lipinski definition) is 7. The van der Waals surface area contributed by atoms with Crippen LogP contribution in [-0.4, -0.2) is 44.3 Å². The summed E-state index contributed by atoms with van der Waals surface area (Å²) < 4.78 is 7.34. The maximum absolute atomic E-state index is 13.3. The minimum absolute atomic E-state index is 0.213. The van der Waals surface area contributed by atoms with Crippen molar-refractivity contribution in [1.29, 1.82) is 0 Å². The summed E-state index contributed by atoms with van der Waals surface area (Å²) in [5, 5.41) is 3.25. The van der Waals surface area contributed by atoms with E-state index >= 15 is 0 Å². The molecule has 0 atom stereocenters. The van der Waals surface area contributed by atoms with Crippen molar-refractivity contribution in [2.24, 2.45) is 0 Å². The third-order valence-electron chi connectivity index (χ3n) is 5.34. The predicted molar refractivity (Wildman–Crippen MR) is 141 cm³/mol. The monoisotopic (exact) mass is 494 g/mol. The summed E-state index contributed by atoms with van der Waals surface area (Å²) in [6.07, 6.45) is 4.04. The topological polar surface area (TPSA) is 75.9 Å². The lowest BCUT2D eigenvalue weighted by Crippen LogP contribution is -2.27. The van der Waals surface area contributed by atoms with E-state index in [4.69, 9.17) is 17.0 Å². The standard InChI is InChI=1S/C25H26N4O3S2/c1-3-32-14-6-12-26-22-19(23(30)28-13-5-4-7-21(28)27-22)15-20-24(31)29(25(33)34-20)16-18-10-8-17(2)9-11-18/h4-5,7-11,13,15,26H,3,6,12,14,16H2,1-2H3/b20-15+. The molecule has 2 aromatic heterocycles. The van der Waals surface area contributed by atoms with Gasteiger partial charge in [-0.3, -0.25) is 18.9 Å². The van der Waals surface area contributed by atoms with Crippen LogP contribution in [-0.2, 0) is 16.1 Å². The number of aromatic nitrogens is 2. The molecule has 3 aromatic rings. The van der Waals surface area contributed by atoms with Crippen molar-refractivity contribution in [1.82, 2.24) is 14.3 Å². The highest BCUT2D eigenvalue weighted by atomic mass is 32.2. The second kappa shape index (κ2) is 10.9. The van der Waals surface area contributed by atoms with E-state index in [1.807, 2.05) is 44.2 Å². The number of carbonyl (C=O) groups excluding carboxylic acids is 1. The molecule has 34 heavy (non-hydrogen) atoms. The Labute approximate surface area is 207 Å². The Morgan fingerprint density at radius 2 is 1.97 bits per heavy atom. The van der Waals surface area contributed by atoms with Gasteiger partial charge >= 0.3 is 0 Å². The number of thiocarbonyl (C=S) groups is 1. The third-order valence-corrected chi connectivity index (χ3v) is 6.72. The van der Waals surface area contributed by atoms with Crippen LogP contribution >= 0.6 is 24.0 Å². The number of ether oxygens (including phenoxy) is 1. The number of benzene rings is 1. The lowest BCUT2D eigenvalue weighted by molar-refractivity contribution is -0.122. The van der Waals surface area contributed by atoms with E-state index in [1.165, 1.54) is 16.2 Å². The second-order valence-electron chi connectivity index (χ2n) is 7.84. The molecule has 176 valence electrons. The van der Waals surface area contributed by atoms with E-state index < -0.39 is 0 Å². The maximum atomic E-state index is 13.3. The van der Waals surface area contributed by atoms with Crippen molar-refractivity contribution in [3.63, 3.8) is 0 Å². The first kappa shape index (κ1) is 24.1. The van der Waals surface area contributed by atoms with Gasteiger partial charge < -0.3 is 10.1 Å². The molecule has 1 aliphatic heterocycles. The summed E-state index contributed by atoms with van der Waals surface area (Å²) >= 11 is 6.69. The van der Waals surface area contributed by atoms with Crippen molar-refractivity contribution in [2.75, 3.05) is 25.1 Å². The predicted octanol–water partition coefficient (Wildman–Crippen LogP) is 4.24. The lowest BCUT2D eigenvalue weighted by atomic mass is 10.1. The van der Waals surface area contributed by atoms with Crippen LogP contribution in [0.25, 0.3) is 11.7 Å². The Morgan fingerprint density at radius 3 is 2.74 bits per heavy atom. The number of fused-ring (bicyclic) bond motifs is 1. The molecule has 0 bridgehead atoms. The van der Waals surface area contributed by atoms with Crippen LogP contribution in [0.1, 0.15) is 30.0 Å². The zero-order chi connectivity index (χ0) is 24.1. The molecular formula is C25H26N4O3S2. The van der Waals surface area contributed by atoms with E-state index in [2.05, 4.69) is 10.3 Å². The summed E-state index contributed by atoms with van der Waals surface area (Å²) in [5.41, 5.74) is 2.76. The minimum Gasteiger partial charge on any atom is -0.382 e. The summed E-state index contributed by atoms with van der Waals surface area (Å²) in [5.74, 6) is 0.229. The number of nitrogens with zero attached hydrogens (tertiary/aromatic N) is 3. The second-order valence-corrected chi connectivity index (χ2v) is 9.51. The van der Waals surface area contributed by atoms with Crippen LogP contribution in [0.2, 0.25) is 0 Å². The highest BCUT2D eigenvalue weighted by molar-refractivity contribution is 8.26. The van der Waals surface area contributed by atoms with Gasteiger partial charge in [0, 0.05) is 26.0 Å². The number of hydrogen-bond donors (Lipinski definition) is 1. The molecule has 1 N–H and O–H groups in total. The fourth-order valence-electron chi connectivity index (χ4n) is 3.54. The van der Waals surface area contributed by atoms with Crippen LogP contribution < -0.4 is 10.9 Å². The normalized spacial score (nSPS) is 15.0. The lowest BCUT2D eigenvalue weighted by Gasteiger charge is -2.14. The number of thioether (sulfide) groups is 1. The number of anilines is 1. The number of pyridine rings is 1. The van der Waals surface area contributed by atoms with Crippen LogP contribution in [0.15, 0.2) is 58.4 Å². The van der Waals surface area contributed by atoms with Gasteiger partial charge in [-0.1, -0.05) is 59.9 Å². The molecule has 0 saturated carbocycles. The Morgan fingerprint density at radius 1 is 1.18 bits per heavy atom. The maximum Gasteiger partial charge on any atom is 0.267 e. The van der Waals surface area contributed by atoms with Gasteiger partial charge in [0.05, 0.1) is 17.0 Å². The zero-order valence-corrected chi connectivity index (χ0v) is 20.7. The SMILES string of the molecule is CCOCCCNc1nc2ccccn2c(=O)c1/C=C1/SC(=S)N(Cc2ccc(C)cc2)C1=O. The molecular weight excluding hydrogens is 468 g/mol. The average Bonchev–Trinajstić information content (AvgIpc) is 3.10. The number of carbonyl (C=O) groups is 1. The van der Waals surface area contributed by atoms with E-state index in [0.717, 1.165) is 17.5 Å². The van der Waals surface area contributed by atoms with E-state index in [-0.39, 0.29) is 11.5 Å². The molecule has 0 radical (unpaired) electrons.